The number of aliphatic hydroxyl groups excluding tert-OH is 1. The predicted molar refractivity (Wildman–Crippen MR) is 263 cm³/mol. The molecule has 1 heterocycles. The van der Waals surface area contributed by atoms with Crippen molar-refractivity contribution in [1.82, 2.24) is 5.32 Å². The number of hydrogen-bond donors (Lipinski definition) is 3. The Balaban J connectivity index is 1.25. The maximum Gasteiger partial charge on any atom is 0.350 e. The minimum absolute atomic E-state index is 0.0433. The van der Waals surface area contributed by atoms with Crippen molar-refractivity contribution in [3.05, 3.63) is 148 Å². The molecular formula is C57H54F5NO17. The van der Waals surface area contributed by atoms with Crippen molar-refractivity contribution in [2.75, 3.05) is 6.61 Å². The number of fused-ring (bicyclic) bond motifs is 5. The van der Waals surface area contributed by atoms with E-state index in [0.29, 0.717) is 0 Å². The van der Waals surface area contributed by atoms with E-state index in [1.54, 1.807) is 18.2 Å². The standard InChI is InChI=1S/C57H54F5NO17/c1-27-33(76-53(72)47(44(30-16-10-7-11-17-30)63-51(70)31-18-12-8-13-19-31)78-37(68)23-22-36(67)77-46-42(61)40(59)39(58)41(60)43(46)62)25-57(73)50(79-52(71)32-20-14-9-15-21-32)48-55(6,34(66)24-35-56(48,26-74-35)80-29(3)65)49(69)45(75-28(2)64)38(27)54(57,4)5/h7-21,33-35,44-45,47-48,50,66,73H,22-26H2,1-6H3,(H,63,70)/t33-,34?,35?,44-,45?,47+,48-,50-,55?,56-,57?/m0/s1. The summed E-state index contributed by atoms with van der Waals surface area (Å²) in [5.41, 5.74) is -8.80. The van der Waals surface area contributed by atoms with Crippen LogP contribution in [0.5, 0.6) is 5.75 Å². The van der Waals surface area contributed by atoms with Crippen molar-refractivity contribution < 1.29 is 104 Å². The molecule has 424 valence electrons. The quantitative estimate of drug-likeness (QED) is 0.0222. The van der Waals surface area contributed by atoms with Crippen molar-refractivity contribution in [3.63, 3.8) is 0 Å². The zero-order valence-corrected chi connectivity index (χ0v) is 43.7. The number of nitrogens with one attached hydrogen (secondary N) is 1. The molecule has 1 amide bonds. The highest BCUT2D eigenvalue weighted by Gasteiger charge is 2.78. The number of carbonyl (C=O) groups excluding carboxylic acids is 8. The summed E-state index contributed by atoms with van der Waals surface area (Å²) in [6, 6.07) is 20.6. The summed E-state index contributed by atoms with van der Waals surface area (Å²) < 4.78 is 111. The number of ether oxygens (including phenoxy) is 7. The fourth-order valence-corrected chi connectivity index (χ4v) is 11.5. The van der Waals surface area contributed by atoms with Crippen LogP contribution >= 0.6 is 0 Å². The predicted octanol–water partition coefficient (Wildman–Crippen LogP) is 6.37. The van der Waals surface area contributed by atoms with Gasteiger partial charge in [0.05, 0.1) is 42.4 Å². The Hall–Kier alpha value is -7.89. The van der Waals surface area contributed by atoms with Gasteiger partial charge in [-0.25, -0.2) is 22.8 Å². The Labute approximate surface area is 453 Å². The van der Waals surface area contributed by atoms with Crippen molar-refractivity contribution in [1.29, 1.82) is 0 Å². The summed E-state index contributed by atoms with van der Waals surface area (Å²) in [5.74, 6) is -25.5. The van der Waals surface area contributed by atoms with E-state index in [2.05, 4.69) is 10.1 Å². The normalized spacial score (nSPS) is 27.2. The smallest absolute Gasteiger partial charge is 0.350 e. The van der Waals surface area contributed by atoms with Crippen molar-refractivity contribution in [2.45, 2.75) is 121 Å². The number of ketones is 1. The van der Waals surface area contributed by atoms with Gasteiger partial charge < -0.3 is 48.7 Å². The van der Waals surface area contributed by atoms with Gasteiger partial charge in [0, 0.05) is 37.7 Å². The van der Waals surface area contributed by atoms with Crippen LogP contribution in [-0.2, 0) is 57.2 Å². The molecule has 1 saturated heterocycles. The van der Waals surface area contributed by atoms with Crippen molar-refractivity contribution in [3.8, 4) is 5.75 Å². The zero-order valence-electron chi connectivity index (χ0n) is 43.7. The summed E-state index contributed by atoms with van der Waals surface area (Å²) in [6.07, 6.45) is -14.4. The van der Waals surface area contributed by atoms with E-state index in [1.165, 1.54) is 100 Å². The summed E-state index contributed by atoms with van der Waals surface area (Å²) >= 11 is 0. The Morgan fingerprint density at radius 1 is 0.738 bits per heavy atom. The molecule has 3 fully saturated rings. The number of esters is 6. The fraction of sp³-hybridized carbons (Fsp3) is 0.404. The first-order valence-electron chi connectivity index (χ1n) is 25.1. The molecule has 80 heavy (non-hydrogen) atoms. The Bertz CT molecular complexity index is 3150. The number of hydrogen-bond acceptors (Lipinski definition) is 17. The molecule has 0 spiro atoms. The zero-order chi connectivity index (χ0) is 58.4. The number of Topliss-reactive ketones (excluding diaryl/α,β-unsaturated/α-hetero) is 1. The van der Waals surface area contributed by atoms with Gasteiger partial charge in [0.1, 0.15) is 30.0 Å². The molecule has 4 aliphatic rings. The van der Waals surface area contributed by atoms with E-state index in [9.17, 15) is 60.9 Å². The van der Waals surface area contributed by atoms with Gasteiger partial charge in [-0.3, -0.25) is 28.8 Å². The molecule has 8 rings (SSSR count). The number of amides is 1. The third kappa shape index (κ3) is 10.3. The van der Waals surface area contributed by atoms with Gasteiger partial charge in [-0.1, -0.05) is 80.6 Å². The molecule has 5 unspecified atom stereocenters. The number of benzene rings is 4. The highest BCUT2D eigenvalue weighted by molar-refractivity contribution is 5.96. The highest BCUT2D eigenvalue weighted by Crippen LogP contribution is 2.64. The van der Waals surface area contributed by atoms with Gasteiger partial charge in [-0.15, -0.1) is 0 Å². The van der Waals surface area contributed by atoms with Gasteiger partial charge in [-0.2, -0.15) is 8.78 Å². The average Bonchev–Trinajstić information content (AvgIpc) is 3.62. The molecule has 23 heteroatoms. The Morgan fingerprint density at radius 3 is 1.84 bits per heavy atom. The van der Waals surface area contributed by atoms with E-state index in [4.69, 9.17) is 28.4 Å². The second kappa shape index (κ2) is 22.3. The number of carbonyl (C=O) groups is 8. The van der Waals surface area contributed by atoms with E-state index in [1.807, 2.05) is 0 Å². The van der Waals surface area contributed by atoms with Gasteiger partial charge in [-0.05, 0) is 54.8 Å². The second-order valence-electron chi connectivity index (χ2n) is 20.7. The largest absolute Gasteiger partial charge is 0.455 e. The molecule has 18 nitrogen and oxygen atoms in total. The van der Waals surface area contributed by atoms with Gasteiger partial charge in [0.2, 0.25) is 40.9 Å². The molecular weight excluding hydrogens is 1070 g/mol. The van der Waals surface area contributed by atoms with Crippen LogP contribution in [0.1, 0.15) is 99.5 Å². The van der Waals surface area contributed by atoms with Crippen LogP contribution in [0.3, 0.4) is 0 Å². The Kier molecular flexibility index (Phi) is 16.3. The number of rotatable bonds is 15. The van der Waals surface area contributed by atoms with Crippen LogP contribution in [-0.4, -0.2) is 112 Å². The van der Waals surface area contributed by atoms with Crippen LogP contribution in [0, 0.1) is 45.8 Å². The van der Waals surface area contributed by atoms with E-state index < -0.39 is 179 Å². The van der Waals surface area contributed by atoms with E-state index in [0.717, 1.165) is 13.8 Å². The number of aliphatic hydroxyl groups is 2. The fourth-order valence-electron chi connectivity index (χ4n) is 11.5. The minimum atomic E-state index is -2.63. The lowest BCUT2D eigenvalue weighted by Gasteiger charge is -2.67. The maximum absolute atomic E-state index is 15.8. The maximum atomic E-state index is 15.8. The molecule has 11 atom stereocenters. The van der Waals surface area contributed by atoms with Crippen LogP contribution in [0.15, 0.2) is 102 Å². The SMILES string of the molecule is CC(=O)OC1C(=O)C2(C)C(O)CC3OC[C@@]3(OC(C)=O)[C@H]2[C@H](OC(=O)c2ccccc2)C2(O)C[C@H](OC(=O)[C@H](OC(=O)CCC(=O)Oc3c(F)c(F)c(F)c(F)c3F)[C@@H](NC(=O)c3ccccc3)c3ccccc3)C(C)=C1C2(C)C. The lowest BCUT2D eigenvalue weighted by molar-refractivity contribution is -0.346. The van der Waals surface area contributed by atoms with Gasteiger partial charge >= 0.3 is 35.8 Å². The molecule has 4 aromatic rings. The molecule has 3 N–H and O–H groups in total. The molecule has 2 saturated carbocycles. The van der Waals surface area contributed by atoms with Crippen LogP contribution in [0.25, 0.3) is 0 Å². The molecule has 0 aromatic heterocycles. The third-order valence-electron chi connectivity index (χ3n) is 15.6. The monoisotopic (exact) mass is 1120 g/mol. The molecule has 3 aliphatic carbocycles. The van der Waals surface area contributed by atoms with Crippen LogP contribution in [0.2, 0.25) is 0 Å². The second-order valence-corrected chi connectivity index (χ2v) is 20.7. The van der Waals surface area contributed by atoms with Crippen LogP contribution < -0.4 is 10.1 Å². The van der Waals surface area contributed by atoms with E-state index in [-0.39, 0.29) is 34.3 Å². The summed E-state index contributed by atoms with van der Waals surface area (Å²) in [4.78, 5) is 113. The third-order valence-corrected chi connectivity index (χ3v) is 15.6. The molecule has 1 aliphatic heterocycles. The minimum Gasteiger partial charge on any atom is -0.455 e. The molecule has 4 aromatic carbocycles. The van der Waals surface area contributed by atoms with Crippen molar-refractivity contribution in [2.24, 2.45) is 16.7 Å². The first-order chi connectivity index (χ1) is 37.7. The summed E-state index contributed by atoms with van der Waals surface area (Å²) in [6.45, 7) is 7.19. The Morgan fingerprint density at radius 2 is 1.29 bits per heavy atom. The topological polar surface area (TPSA) is 254 Å². The van der Waals surface area contributed by atoms with E-state index >= 15 is 9.59 Å². The first-order valence-corrected chi connectivity index (χ1v) is 25.1. The highest BCUT2D eigenvalue weighted by atomic mass is 19.2. The average molecular weight is 1120 g/mol. The summed E-state index contributed by atoms with van der Waals surface area (Å²) in [7, 11) is 0. The lowest BCUT2D eigenvalue weighted by Crippen LogP contribution is -2.82. The van der Waals surface area contributed by atoms with Crippen molar-refractivity contribution >= 4 is 47.5 Å². The van der Waals surface area contributed by atoms with Gasteiger partial charge in [0.15, 0.2) is 17.5 Å². The van der Waals surface area contributed by atoms with Crippen LogP contribution in [0.4, 0.5) is 22.0 Å². The molecule has 0 radical (unpaired) electrons. The first kappa shape index (κ1) is 58.3. The lowest BCUT2D eigenvalue weighted by atomic mass is 9.44. The number of halogens is 5. The summed E-state index contributed by atoms with van der Waals surface area (Å²) in [5, 5.41) is 28.8. The molecule has 2 bridgehead atoms. The van der Waals surface area contributed by atoms with Gasteiger partial charge in [0.25, 0.3) is 5.91 Å².